The minimum atomic E-state index is -0.280. The van der Waals surface area contributed by atoms with Crippen molar-refractivity contribution in [3.05, 3.63) is 158 Å². The van der Waals surface area contributed by atoms with E-state index in [0.29, 0.717) is 17.2 Å². The summed E-state index contributed by atoms with van der Waals surface area (Å²) < 4.78 is 0. The molecular formula is C65H76O3. The molecule has 0 saturated carbocycles. The molecule has 0 radical (unpaired) electrons. The van der Waals surface area contributed by atoms with E-state index in [-0.39, 0.29) is 32.5 Å². The van der Waals surface area contributed by atoms with Gasteiger partial charge in [-0.25, -0.2) is 0 Å². The number of hydrogen-bond acceptors (Lipinski definition) is 3. The maximum absolute atomic E-state index is 11.6. The quantitative estimate of drug-likeness (QED) is 0.155. The number of aryl methyl sites for hydroxylation is 1. The zero-order chi connectivity index (χ0) is 50.7. The molecule has 0 aromatic heterocycles. The molecule has 68 heavy (non-hydrogen) atoms. The van der Waals surface area contributed by atoms with E-state index in [2.05, 4.69) is 252 Å². The average Bonchev–Trinajstić information content (AvgIpc) is 3.20. The SMILES string of the molecule is Cc1ccc(-c2cc(C(C)(C)C)c(O)c(C(C)(C)C)c2)cc1C#Cc1ccc(-c2cc(C(C)(C)C)c(O)c(C(C)(C)C)c2)cc1C#Cc1ccc(-c2cc(C(C)(C)C)c(O)c(C(C)(C)C)c2)cc1. The van der Waals surface area contributed by atoms with Crippen molar-refractivity contribution in [3.63, 3.8) is 0 Å². The van der Waals surface area contributed by atoms with E-state index < -0.39 is 0 Å². The fraction of sp³-hybridized carbons (Fsp3) is 0.385. The number of phenols is 3. The largest absolute Gasteiger partial charge is 0.507 e. The monoisotopic (exact) mass is 905 g/mol. The Bertz CT molecular complexity index is 2910. The van der Waals surface area contributed by atoms with Gasteiger partial charge in [-0.1, -0.05) is 179 Å². The van der Waals surface area contributed by atoms with Crippen LogP contribution in [0.25, 0.3) is 33.4 Å². The Hall–Kier alpha value is -6.16. The number of hydrogen-bond donors (Lipinski definition) is 3. The van der Waals surface area contributed by atoms with Gasteiger partial charge in [-0.3, -0.25) is 0 Å². The Labute approximate surface area is 410 Å². The van der Waals surface area contributed by atoms with Crippen molar-refractivity contribution in [2.24, 2.45) is 0 Å². The van der Waals surface area contributed by atoms with E-state index in [0.717, 1.165) is 94.6 Å². The molecule has 3 heteroatoms. The molecule has 0 heterocycles. The zero-order valence-electron chi connectivity index (χ0n) is 44.6. The summed E-state index contributed by atoms with van der Waals surface area (Å²) in [5, 5.41) is 34.4. The lowest BCUT2D eigenvalue weighted by Crippen LogP contribution is -2.17. The van der Waals surface area contributed by atoms with Crippen molar-refractivity contribution in [1.29, 1.82) is 0 Å². The van der Waals surface area contributed by atoms with Crippen LogP contribution in [0.2, 0.25) is 0 Å². The first kappa shape index (κ1) is 51.2. The van der Waals surface area contributed by atoms with Gasteiger partial charge in [-0.05, 0) is 145 Å². The summed E-state index contributed by atoms with van der Waals surface area (Å²) in [6.07, 6.45) is 0. The molecule has 0 aliphatic carbocycles. The van der Waals surface area contributed by atoms with Crippen molar-refractivity contribution in [1.82, 2.24) is 0 Å². The predicted octanol–water partition coefficient (Wildman–Crippen LogP) is 16.7. The molecular weight excluding hydrogens is 829 g/mol. The Morgan fingerprint density at radius 3 is 0.912 bits per heavy atom. The molecule has 6 rings (SSSR count). The second-order valence-electron chi connectivity index (χ2n) is 25.1. The van der Waals surface area contributed by atoms with Gasteiger partial charge >= 0.3 is 0 Å². The van der Waals surface area contributed by atoms with Crippen LogP contribution >= 0.6 is 0 Å². The lowest BCUT2D eigenvalue weighted by molar-refractivity contribution is 0.422. The van der Waals surface area contributed by atoms with Crippen LogP contribution in [0, 0.1) is 30.6 Å². The van der Waals surface area contributed by atoms with Crippen molar-refractivity contribution in [2.75, 3.05) is 0 Å². The van der Waals surface area contributed by atoms with E-state index in [4.69, 9.17) is 0 Å². The molecule has 0 fully saturated rings. The second-order valence-corrected chi connectivity index (χ2v) is 25.1. The summed E-state index contributed by atoms with van der Waals surface area (Å²) in [6.45, 7) is 40.6. The van der Waals surface area contributed by atoms with E-state index >= 15 is 0 Å². The highest BCUT2D eigenvalue weighted by atomic mass is 16.3. The van der Waals surface area contributed by atoms with Crippen LogP contribution in [-0.4, -0.2) is 15.3 Å². The van der Waals surface area contributed by atoms with Gasteiger partial charge in [0.15, 0.2) is 0 Å². The third-order valence-electron chi connectivity index (χ3n) is 13.0. The van der Waals surface area contributed by atoms with Gasteiger partial charge in [0.25, 0.3) is 0 Å². The maximum Gasteiger partial charge on any atom is 0.123 e. The Balaban J connectivity index is 1.50. The van der Waals surface area contributed by atoms with E-state index in [1.807, 2.05) is 0 Å². The molecule has 3 N–H and O–H groups in total. The minimum Gasteiger partial charge on any atom is -0.507 e. The Morgan fingerprint density at radius 1 is 0.279 bits per heavy atom. The molecule has 6 aromatic rings. The molecule has 0 spiro atoms. The van der Waals surface area contributed by atoms with Crippen LogP contribution in [-0.2, 0) is 32.5 Å². The molecule has 3 nitrogen and oxygen atoms in total. The molecule has 0 aliphatic rings. The molecule has 0 amide bonds. The third kappa shape index (κ3) is 11.2. The molecule has 0 bridgehead atoms. The van der Waals surface area contributed by atoms with Gasteiger partial charge in [0.2, 0.25) is 0 Å². The zero-order valence-corrected chi connectivity index (χ0v) is 44.6. The summed E-state index contributed by atoms with van der Waals surface area (Å²) >= 11 is 0. The highest BCUT2D eigenvalue weighted by Crippen LogP contribution is 2.45. The smallest absolute Gasteiger partial charge is 0.123 e. The summed E-state index contributed by atoms with van der Waals surface area (Å²) in [4.78, 5) is 0. The van der Waals surface area contributed by atoms with Crippen LogP contribution in [0.5, 0.6) is 17.2 Å². The standard InChI is InChI=1S/C65H76O3/c1-40-20-24-46(49-36-53(62(8,9)10)58(67)54(37-49)63(11,12)13)32-44(40)30-28-42-29-31-47(50-38-55(64(14,15)16)59(68)56(39-50)65(17,18)19)33-45(42)27-23-41-21-25-43(26-22-41)48-34-51(60(2,3)4)57(66)52(35-48)61(5,6)7/h20-22,24-26,29,31-39,66-68H,1-19H3. The van der Waals surface area contributed by atoms with Crippen LogP contribution in [0.15, 0.2) is 97.1 Å². The number of aromatic hydroxyl groups is 3. The number of phenolic OH excluding ortho intramolecular Hbond substituents is 3. The van der Waals surface area contributed by atoms with E-state index in [1.165, 1.54) is 0 Å². The first-order chi connectivity index (χ1) is 31.1. The van der Waals surface area contributed by atoms with Gasteiger partial charge in [0.1, 0.15) is 17.2 Å². The molecule has 0 aliphatic heterocycles. The average molecular weight is 905 g/mol. The minimum absolute atomic E-state index is 0.232. The maximum atomic E-state index is 11.6. The summed E-state index contributed by atoms with van der Waals surface area (Å²) in [7, 11) is 0. The molecule has 6 aromatic carbocycles. The van der Waals surface area contributed by atoms with Crippen LogP contribution in [0.1, 0.15) is 186 Å². The van der Waals surface area contributed by atoms with Crippen molar-refractivity contribution >= 4 is 0 Å². The number of rotatable bonds is 3. The molecule has 0 saturated heterocycles. The lowest BCUT2D eigenvalue weighted by Gasteiger charge is -2.28. The fourth-order valence-corrected chi connectivity index (χ4v) is 8.73. The number of benzene rings is 6. The lowest BCUT2D eigenvalue weighted by atomic mass is 9.77. The Kier molecular flexibility index (Phi) is 13.6. The van der Waals surface area contributed by atoms with Gasteiger partial charge in [0, 0.05) is 55.6 Å². The van der Waals surface area contributed by atoms with Gasteiger partial charge in [-0.2, -0.15) is 0 Å². The van der Waals surface area contributed by atoms with Crippen LogP contribution < -0.4 is 0 Å². The Morgan fingerprint density at radius 2 is 0.559 bits per heavy atom. The fourth-order valence-electron chi connectivity index (χ4n) is 8.73. The topological polar surface area (TPSA) is 60.7 Å². The first-order valence-electron chi connectivity index (χ1n) is 24.2. The van der Waals surface area contributed by atoms with E-state index in [1.54, 1.807) is 0 Å². The van der Waals surface area contributed by atoms with Crippen molar-refractivity contribution in [3.8, 4) is 74.3 Å². The molecule has 0 atom stereocenters. The van der Waals surface area contributed by atoms with Crippen molar-refractivity contribution < 1.29 is 15.3 Å². The summed E-state index contributed by atoms with van der Waals surface area (Å²) in [6, 6.07) is 33.9. The van der Waals surface area contributed by atoms with Gasteiger partial charge in [-0.15, -0.1) is 0 Å². The van der Waals surface area contributed by atoms with E-state index in [9.17, 15) is 15.3 Å². The van der Waals surface area contributed by atoms with Gasteiger partial charge in [0.05, 0.1) is 0 Å². The van der Waals surface area contributed by atoms with Crippen LogP contribution in [0.4, 0.5) is 0 Å². The molecule has 354 valence electrons. The first-order valence-corrected chi connectivity index (χ1v) is 24.2. The second kappa shape index (κ2) is 18.1. The normalized spacial score (nSPS) is 12.6. The predicted molar refractivity (Wildman–Crippen MR) is 290 cm³/mol. The summed E-state index contributed by atoms with van der Waals surface area (Å²) in [5.74, 6) is 15.2. The van der Waals surface area contributed by atoms with Gasteiger partial charge < -0.3 is 15.3 Å². The van der Waals surface area contributed by atoms with Crippen LogP contribution in [0.3, 0.4) is 0 Å². The van der Waals surface area contributed by atoms with Crippen molar-refractivity contribution in [2.45, 2.75) is 164 Å². The highest BCUT2D eigenvalue weighted by Gasteiger charge is 2.30. The molecule has 0 unspecified atom stereocenters. The third-order valence-corrected chi connectivity index (χ3v) is 13.0. The highest BCUT2D eigenvalue weighted by molar-refractivity contribution is 5.75. The summed E-state index contributed by atoms with van der Waals surface area (Å²) in [5.41, 5.74) is 14.7.